The first-order valence-corrected chi connectivity index (χ1v) is 7.10. The van der Waals surface area contributed by atoms with Crippen molar-refractivity contribution in [2.75, 3.05) is 0 Å². The van der Waals surface area contributed by atoms with E-state index in [2.05, 4.69) is 37.7 Å². The molecular weight excluding hydrogens is 136 g/mol. The van der Waals surface area contributed by atoms with Crippen molar-refractivity contribution in [1.29, 1.82) is 0 Å². The Labute approximate surface area is 65.0 Å². The van der Waals surface area contributed by atoms with Gasteiger partial charge in [0, 0.05) is 0 Å². The molecule has 0 saturated heterocycles. The molecular formula is C9H16Si. The van der Waals surface area contributed by atoms with Crippen molar-refractivity contribution >= 4 is 8.07 Å². The Balaban J connectivity index is 4.37. The van der Waals surface area contributed by atoms with E-state index in [4.69, 9.17) is 0 Å². The highest BCUT2D eigenvalue weighted by Crippen LogP contribution is 2.01. The second kappa shape index (κ2) is 3.60. The summed E-state index contributed by atoms with van der Waals surface area (Å²) < 4.78 is 0. The molecule has 0 saturated carbocycles. The Hall–Kier alpha value is -0.523. The minimum atomic E-state index is -1.04. The van der Waals surface area contributed by atoms with Gasteiger partial charge in [-0.25, -0.2) is 0 Å². The van der Waals surface area contributed by atoms with E-state index < -0.39 is 8.07 Å². The molecule has 0 aliphatic rings. The maximum atomic E-state index is 3.66. The van der Waals surface area contributed by atoms with Crippen molar-refractivity contribution in [2.24, 2.45) is 0 Å². The average Bonchev–Trinajstić information content (AvgIpc) is 1.81. The first-order valence-electron chi connectivity index (χ1n) is 3.52. The highest BCUT2D eigenvalue weighted by Gasteiger charge is 2.05. The van der Waals surface area contributed by atoms with Crippen LogP contribution >= 0.6 is 0 Å². The molecule has 0 aromatic heterocycles. The predicted octanol–water partition coefficient (Wildman–Crippen LogP) is 3.15. The predicted molar refractivity (Wildman–Crippen MR) is 50.8 cm³/mol. The first-order chi connectivity index (χ1) is 4.45. The molecule has 0 nitrogen and oxygen atoms in total. The van der Waals surface area contributed by atoms with Crippen molar-refractivity contribution in [2.45, 2.75) is 26.6 Å². The zero-order chi connectivity index (χ0) is 8.20. The summed E-state index contributed by atoms with van der Waals surface area (Å²) in [6.45, 7) is 12.5. The third kappa shape index (κ3) is 5.61. The molecule has 0 amide bonds. The van der Waals surface area contributed by atoms with Crippen LogP contribution in [0.5, 0.6) is 0 Å². The smallest absolute Gasteiger partial charge is 0.0782 e. The van der Waals surface area contributed by atoms with Gasteiger partial charge in [-0.15, -0.1) is 5.73 Å². The number of rotatable bonds is 2. The third-order valence-electron chi connectivity index (χ3n) is 1.04. The van der Waals surface area contributed by atoms with E-state index in [1.807, 2.05) is 13.0 Å². The Bertz CT molecular complexity index is 175. The van der Waals surface area contributed by atoms with Crippen molar-refractivity contribution in [3.8, 4) is 0 Å². The first kappa shape index (κ1) is 9.48. The molecule has 56 valence electrons. The molecule has 0 unspecified atom stereocenters. The number of hydrogen-bond acceptors (Lipinski definition) is 0. The summed E-state index contributed by atoms with van der Waals surface area (Å²) in [6.07, 6.45) is 1.83. The standard InChI is InChI=1S/C9H16Si/c1-6-9(2)7-8-10(3,4)5/h6,8H,1H2,2-5H3. The fourth-order valence-electron chi connectivity index (χ4n) is 0.389. The lowest BCUT2D eigenvalue weighted by Gasteiger charge is -2.05. The maximum Gasteiger partial charge on any atom is 0.0782 e. The molecule has 0 aliphatic carbocycles. The summed E-state index contributed by atoms with van der Waals surface area (Å²) in [6, 6.07) is 0. The highest BCUT2D eigenvalue weighted by molar-refractivity contribution is 6.80. The van der Waals surface area contributed by atoms with Crippen LogP contribution in [0.4, 0.5) is 0 Å². The monoisotopic (exact) mass is 152 g/mol. The van der Waals surface area contributed by atoms with Crippen LogP contribution in [-0.4, -0.2) is 8.07 Å². The maximum absolute atomic E-state index is 3.66. The number of hydrogen-bond donors (Lipinski definition) is 0. The van der Waals surface area contributed by atoms with Gasteiger partial charge in [-0.05, 0) is 12.5 Å². The SMILES string of the molecule is C=CC(C)=C=C[Si](C)(C)C. The van der Waals surface area contributed by atoms with Gasteiger partial charge in [0.1, 0.15) is 0 Å². The summed E-state index contributed by atoms with van der Waals surface area (Å²) in [5.41, 5.74) is 6.53. The normalized spacial score (nSPS) is 10.0. The van der Waals surface area contributed by atoms with Gasteiger partial charge in [0.2, 0.25) is 0 Å². The van der Waals surface area contributed by atoms with Gasteiger partial charge >= 0.3 is 0 Å². The summed E-state index contributed by atoms with van der Waals surface area (Å²) in [7, 11) is -1.04. The van der Waals surface area contributed by atoms with Crippen molar-refractivity contribution < 1.29 is 0 Å². The zero-order valence-electron chi connectivity index (χ0n) is 7.36. The van der Waals surface area contributed by atoms with Gasteiger partial charge in [0.25, 0.3) is 0 Å². The quantitative estimate of drug-likeness (QED) is 0.324. The number of allylic oxidation sites excluding steroid dienone is 2. The fraction of sp³-hybridized carbons (Fsp3) is 0.444. The van der Waals surface area contributed by atoms with E-state index in [0.717, 1.165) is 5.57 Å². The molecule has 0 aromatic rings. The largest absolute Gasteiger partial charge is 0.126 e. The second-order valence-electron chi connectivity index (χ2n) is 3.54. The molecule has 0 heterocycles. The highest BCUT2D eigenvalue weighted by atomic mass is 28.3. The third-order valence-corrected chi connectivity index (χ3v) is 2.05. The fourth-order valence-corrected chi connectivity index (χ4v) is 1.05. The summed E-state index contributed by atoms with van der Waals surface area (Å²) in [4.78, 5) is 0. The molecule has 0 N–H and O–H groups in total. The van der Waals surface area contributed by atoms with E-state index in [-0.39, 0.29) is 0 Å². The molecule has 10 heavy (non-hydrogen) atoms. The van der Waals surface area contributed by atoms with Crippen LogP contribution in [0, 0.1) is 0 Å². The van der Waals surface area contributed by atoms with Gasteiger partial charge in [0.05, 0.1) is 8.07 Å². The Kier molecular flexibility index (Phi) is 3.41. The van der Waals surface area contributed by atoms with E-state index in [9.17, 15) is 0 Å². The summed E-state index contributed by atoms with van der Waals surface area (Å²) in [5, 5.41) is 0. The lowest BCUT2D eigenvalue weighted by Crippen LogP contribution is -2.14. The van der Waals surface area contributed by atoms with Crippen LogP contribution in [0.2, 0.25) is 19.6 Å². The molecule has 1 heteroatoms. The van der Waals surface area contributed by atoms with Crippen molar-refractivity contribution in [3.05, 3.63) is 29.7 Å². The molecule has 0 aliphatic heterocycles. The minimum Gasteiger partial charge on any atom is -0.126 e. The Morgan fingerprint density at radius 2 is 1.90 bits per heavy atom. The summed E-state index contributed by atoms with van der Waals surface area (Å²) in [5.74, 6) is 0. The van der Waals surface area contributed by atoms with Gasteiger partial charge in [-0.2, -0.15) is 0 Å². The molecule has 0 fully saturated rings. The average molecular weight is 152 g/mol. The van der Waals surface area contributed by atoms with E-state index in [1.54, 1.807) is 0 Å². The minimum absolute atomic E-state index is 1.04. The van der Waals surface area contributed by atoms with Gasteiger partial charge < -0.3 is 0 Å². The van der Waals surface area contributed by atoms with Crippen molar-refractivity contribution in [3.63, 3.8) is 0 Å². The molecule has 0 aromatic carbocycles. The van der Waals surface area contributed by atoms with Crippen LogP contribution in [0.1, 0.15) is 6.92 Å². The molecule has 0 bridgehead atoms. The molecule has 0 atom stereocenters. The van der Waals surface area contributed by atoms with Crippen LogP contribution in [0.25, 0.3) is 0 Å². The van der Waals surface area contributed by atoms with Gasteiger partial charge in [-0.3, -0.25) is 0 Å². The zero-order valence-corrected chi connectivity index (χ0v) is 8.36. The Morgan fingerprint density at radius 1 is 1.40 bits per heavy atom. The van der Waals surface area contributed by atoms with Crippen molar-refractivity contribution in [1.82, 2.24) is 0 Å². The van der Waals surface area contributed by atoms with Gasteiger partial charge in [-0.1, -0.05) is 38.0 Å². The van der Waals surface area contributed by atoms with Crippen LogP contribution < -0.4 is 0 Å². The lowest BCUT2D eigenvalue weighted by molar-refractivity contribution is 1.56. The Morgan fingerprint density at radius 3 is 2.20 bits per heavy atom. The summed E-state index contributed by atoms with van der Waals surface area (Å²) >= 11 is 0. The topological polar surface area (TPSA) is 0 Å². The molecule has 0 spiro atoms. The van der Waals surface area contributed by atoms with Crippen LogP contribution in [0.3, 0.4) is 0 Å². The van der Waals surface area contributed by atoms with Crippen LogP contribution in [0.15, 0.2) is 29.7 Å². The van der Waals surface area contributed by atoms with E-state index in [1.165, 1.54) is 0 Å². The van der Waals surface area contributed by atoms with E-state index in [0.29, 0.717) is 0 Å². The van der Waals surface area contributed by atoms with E-state index >= 15 is 0 Å². The second-order valence-corrected chi connectivity index (χ2v) is 8.56. The van der Waals surface area contributed by atoms with Crippen LogP contribution in [-0.2, 0) is 0 Å². The molecule has 0 radical (unpaired) electrons. The lowest BCUT2D eigenvalue weighted by atomic mass is 10.3. The van der Waals surface area contributed by atoms with Gasteiger partial charge in [0.15, 0.2) is 0 Å². The molecule has 0 rings (SSSR count).